The van der Waals surface area contributed by atoms with Crippen molar-refractivity contribution in [3.63, 3.8) is 0 Å². The maximum atomic E-state index is 5.95. The molecule has 18 heavy (non-hydrogen) atoms. The topological polar surface area (TPSA) is 39.7 Å². The summed E-state index contributed by atoms with van der Waals surface area (Å²) in [5.41, 5.74) is 1.04. The minimum Gasteiger partial charge on any atom is -0.491 e. The molecule has 1 aromatic rings. The molecule has 0 bridgehead atoms. The molecule has 0 aliphatic carbocycles. The monoisotopic (exact) mass is 273 g/mol. The van der Waals surface area contributed by atoms with E-state index in [-0.39, 0.29) is 0 Å². The first-order valence-corrected chi connectivity index (χ1v) is 6.28. The highest BCUT2D eigenvalue weighted by atomic mass is 35.5. The lowest BCUT2D eigenvalue weighted by Crippen LogP contribution is -2.12. The lowest BCUT2D eigenvalue weighted by molar-refractivity contribution is 0.0542. The van der Waals surface area contributed by atoms with Crippen molar-refractivity contribution in [2.75, 3.05) is 40.6 Å². The molecule has 1 N–H and O–H groups in total. The highest BCUT2D eigenvalue weighted by molar-refractivity contribution is 6.30. The zero-order chi connectivity index (χ0) is 13.2. The molecule has 102 valence electrons. The summed E-state index contributed by atoms with van der Waals surface area (Å²) in [6.45, 7) is 2.98. The van der Waals surface area contributed by atoms with Gasteiger partial charge in [0.05, 0.1) is 19.8 Å². The van der Waals surface area contributed by atoms with E-state index in [0.717, 1.165) is 17.9 Å². The third-order valence-electron chi connectivity index (χ3n) is 2.31. The fourth-order valence-corrected chi connectivity index (χ4v) is 1.67. The second kappa shape index (κ2) is 9.16. The van der Waals surface area contributed by atoms with Crippen LogP contribution in [-0.4, -0.2) is 40.6 Å². The van der Waals surface area contributed by atoms with Crippen LogP contribution in [-0.2, 0) is 16.0 Å². The van der Waals surface area contributed by atoms with Gasteiger partial charge in [-0.05, 0) is 25.2 Å². The summed E-state index contributed by atoms with van der Waals surface area (Å²) in [5.74, 6) is 0.837. The van der Waals surface area contributed by atoms with Crippen molar-refractivity contribution in [3.05, 3.63) is 28.8 Å². The Balaban J connectivity index is 2.36. The van der Waals surface area contributed by atoms with Gasteiger partial charge in [0.15, 0.2) is 0 Å². The normalized spacial score (nSPS) is 10.6. The van der Waals surface area contributed by atoms with E-state index in [1.807, 2.05) is 25.2 Å². The summed E-state index contributed by atoms with van der Waals surface area (Å²) >= 11 is 5.95. The van der Waals surface area contributed by atoms with Crippen molar-refractivity contribution in [1.29, 1.82) is 0 Å². The standard InChI is InChI=1S/C13H20ClNO3/c1-15-10-11-9-12(14)3-4-13(11)18-8-7-17-6-5-16-2/h3-4,9,15H,5-8,10H2,1-2H3. The van der Waals surface area contributed by atoms with E-state index in [2.05, 4.69) is 5.32 Å². The van der Waals surface area contributed by atoms with Crippen LogP contribution < -0.4 is 10.1 Å². The molecule has 0 saturated carbocycles. The second-order valence-corrected chi connectivity index (χ2v) is 4.17. The van der Waals surface area contributed by atoms with Crippen LogP contribution in [0.3, 0.4) is 0 Å². The fraction of sp³-hybridized carbons (Fsp3) is 0.538. The SMILES string of the molecule is CNCc1cc(Cl)ccc1OCCOCCOC. The van der Waals surface area contributed by atoms with Gasteiger partial charge in [-0.25, -0.2) is 0 Å². The van der Waals surface area contributed by atoms with Gasteiger partial charge in [-0.2, -0.15) is 0 Å². The number of nitrogens with one attached hydrogen (secondary N) is 1. The second-order valence-electron chi connectivity index (χ2n) is 3.74. The highest BCUT2D eigenvalue weighted by Crippen LogP contribution is 2.22. The van der Waals surface area contributed by atoms with Crippen molar-refractivity contribution < 1.29 is 14.2 Å². The molecule has 0 aliphatic heterocycles. The molecule has 0 aliphatic rings. The number of rotatable bonds is 9. The Morgan fingerprint density at radius 1 is 1.17 bits per heavy atom. The molecular weight excluding hydrogens is 254 g/mol. The summed E-state index contributed by atoms with van der Waals surface area (Å²) in [4.78, 5) is 0. The van der Waals surface area contributed by atoms with Crippen LogP contribution in [0.25, 0.3) is 0 Å². The first kappa shape index (κ1) is 15.2. The predicted octanol–water partition coefficient (Wildman–Crippen LogP) is 2.10. The molecule has 0 saturated heterocycles. The Morgan fingerprint density at radius 2 is 1.94 bits per heavy atom. The minimum absolute atomic E-state index is 0.516. The van der Waals surface area contributed by atoms with Gasteiger partial charge in [-0.1, -0.05) is 11.6 Å². The lowest BCUT2D eigenvalue weighted by Gasteiger charge is -2.12. The van der Waals surface area contributed by atoms with Gasteiger partial charge in [0.1, 0.15) is 12.4 Å². The van der Waals surface area contributed by atoms with Crippen LogP contribution >= 0.6 is 11.6 Å². The summed E-state index contributed by atoms with van der Waals surface area (Å²) in [6, 6.07) is 5.60. The molecule has 0 heterocycles. The van der Waals surface area contributed by atoms with Crippen LogP contribution in [0, 0.1) is 0 Å². The van der Waals surface area contributed by atoms with E-state index in [1.165, 1.54) is 0 Å². The minimum atomic E-state index is 0.516. The van der Waals surface area contributed by atoms with Crippen molar-refractivity contribution in [2.24, 2.45) is 0 Å². The molecule has 4 nitrogen and oxygen atoms in total. The number of halogens is 1. The quantitative estimate of drug-likeness (QED) is 0.700. The lowest BCUT2D eigenvalue weighted by atomic mass is 10.2. The Bertz CT molecular complexity index is 347. The van der Waals surface area contributed by atoms with Crippen molar-refractivity contribution in [1.82, 2.24) is 5.32 Å². The Kier molecular flexibility index (Phi) is 7.76. The summed E-state index contributed by atoms with van der Waals surface area (Å²) in [5, 5.41) is 3.80. The van der Waals surface area contributed by atoms with Crippen molar-refractivity contribution in [2.45, 2.75) is 6.54 Å². The third kappa shape index (κ3) is 5.69. The van der Waals surface area contributed by atoms with Crippen LogP contribution in [0.15, 0.2) is 18.2 Å². The molecule has 0 fully saturated rings. The van der Waals surface area contributed by atoms with Gasteiger partial charge < -0.3 is 19.5 Å². The van der Waals surface area contributed by atoms with E-state index in [9.17, 15) is 0 Å². The Labute approximate surface area is 113 Å². The van der Waals surface area contributed by atoms with E-state index in [1.54, 1.807) is 7.11 Å². The summed E-state index contributed by atoms with van der Waals surface area (Å²) < 4.78 is 15.9. The van der Waals surface area contributed by atoms with Gasteiger partial charge in [0.2, 0.25) is 0 Å². The largest absolute Gasteiger partial charge is 0.491 e. The van der Waals surface area contributed by atoms with E-state index < -0.39 is 0 Å². The summed E-state index contributed by atoms with van der Waals surface area (Å²) in [7, 11) is 3.54. The van der Waals surface area contributed by atoms with Gasteiger partial charge >= 0.3 is 0 Å². The zero-order valence-electron chi connectivity index (χ0n) is 10.9. The van der Waals surface area contributed by atoms with Crippen molar-refractivity contribution in [3.8, 4) is 5.75 Å². The molecule has 0 spiro atoms. The molecule has 0 atom stereocenters. The number of ether oxygens (including phenoxy) is 3. The number of methoxy groups -OCH3 is 1. The number of hydrogen-bond donors (Lipinski definition) is 1. The fourth-order valence-electron chi connectivity index (χ4n) is 1.47. The van der Waals surface area contributed by atoms with Gasteiger partial charge in [0, 0.05) is 24.2 Å². The Morgan fingerprint density at radius 3 is 2.67 bits per heavy atom. The van der Waals surface area contributed by atoms with Crippen LogP contribution in [0.1, 0.15) is 5.56 Å². The Hall–Kier alpha value is -0.810. The number of benzene rings is 1. The van der Waals surface area contributed by atoms with E-state index >= 15 is 0 Å². The zero-order valence-corrected chi connectivity index (χ0v) is 11.6. The highest BCUT2D eigenvalue weighted by Gasteiger charge is 2.03. The summed E-state index contributed by atoms with van der Waals surface area (Å²) in [6.07, 6.45) is 0. The average molecular weight is 274 g/mol. The first-order chi connectivity index (χ1) is 8.77. The molecule has 1 aromatic carbocycles. The first-order valence-electron chi connectivity index (χ1n) is 5.90. The van der Waals surface area contributed by atoms with Crippen LogP contribution in [0.2, 0.25) is 5.02 Å². The molecular formula is C13H20ClNO3. The molecule has 5 heteroatoms. The molecule has 0 unspecified atom stereocenters. The molecule has 0 aromatic heterocycles. The van der Waals surface area contributed by atoms with Gasteiger partial charge in [0.25, 0.3) is 0 Å². The van der Waals surface area contributed by atoms with Crippen LogP contribution in [0.5, 0.6) is 5.75 Å². The smallest absolute Gasteiger partial charge is 0.124 e. The maximum Gasteiger partial charge on any atom is 0.124 e. The average Bonchev–Trinajstić information content (AvgIpc) is 2.36. The molecule has 0 amide bonds. The van der Waals surface area contributed by atoms with Gasteiger partial charge in [-0.15, -0.1) is 0 Å². The number of hydrogen-bond acceptors (Lipinski definition) is 4. The van der Waals surface area contributed by atoms with Crippen LogP contribution in [0.4, 0.5) is 0 Å². The predicted molar refractivity (Wildman–Crippen MR) is 72.4 cm³/mol. The maximum absolute atomic E-state index is 5.95. The van der Waals surface area contributed by atoms with Crippen molar-refractivity contribution >= 4 is 11.6 Å². The van der Waals surface area contributed by atoms with Gasteiger partial charge in [-0.3, -0.25) is 0 Å². The molecule has 1 rings (SSSR count). The van der Waals surface area contributed by atoms with E-state index in [4.69, 9.17) is 25.8 Å². The molecule has 0 radical (unpaired) electrons. The van der Waals surface area contributed by atoms with E-state index in [0.29, 0.717) is 31.5 Å². The third-order valence-corrected chi connectivity index (χ3v) is 2.54.